The van der Waals surface area contributed by atoms with Crippen LogP contribution in [0.5, 0.6) is 5.75 Å². The highest BCUT2D eigenvalue weighted by Gasteiger charge is 2.55. The molecule has 0 N–H and O–H groups in total. The minimum Gasteiger partial charge on any atom is -0.487 e. The molecule has 1 aliphatic heterocycles. The van der Waals surface area contributed by atoms with Crippen LogP contribution < -0.4 is 9.64 Å². The minimum atomic E-state index is -0.885. The summed E-state index contributed by atoms with van der Waals surface area (Å²) in [6, 6.07) is 29.5. The van der Waals surface area contributed by atoms with Crippen molar-refractivity contribution < 1.29 is 28.7 Å². The number of nitro groups is 1. The quantitative estimate of drug-likeness (QED) is 0.133. The number of para-hydroxylation sites is 2. The Morgan fingerprint density at radius 2 is 1.56 bits per heavy atom. The van der Waals surface area contributed by atoms with Crippen LogP contribution in [0.4, 0.5) is 26.7 Å². The third kappa shape index (κ3) is 6.94. The van der Waals surface area contributed by atoms with Gasteiger partial charge in [-0.2, -0.15) is 0 Å². The van der Waals surface area contributed by atoms with Gasteiger partial charge in [0.15, 0.2) is 0 Å². The Labute approximate surface area is 304 Å². The molecular formula is C42H45N3O7. The normalized spacial score (nSPS) is 20.6. The summed E-state index contributed by atoms with van der Waals surface area (Å²) in [5, 5.41) is 12.4. The van der Waals surface area contributed by atoms with E-state index in [0.29, 0.717) is 24.4 Å². The highest BCUT2D eigenvalue weighted by atomic mass is 16.6. The summed E-state index contributed by atoms with van der Waals surface area (Å²) >= 11 is 0. The fourth-order valence-corrected chi connectivity index (χ4v) is 8.53. The summed E-state index contributed by atoms with van der Waals surface area (Å²) < 4.78 is 18.4. The first kappa shape index (κ1) is 35.0. The number of benzene rings is 4. The Kier molecular flexibility index (Phi) is 9.65. The van der Waals surface area contributed by atoms with Crippen LogP contribution in [0.2, 0.25) is 0 Å². The molecule has 0 radical (unpaired) electrons. The number of nitrogens with zero attached hydrogens (tertiary/aromatic N) is 3. The van der Waals surface area contributed by atoms with E-state index in [1.54, 1.807) is 39.0 Å². The third-order valence-corrected chi connectivity index (χ3v) is 10.7. The average Bonchev–Trinajstić information content (AvgIpc) is 3.13. The molecule has 10 nitrogen and oxygen atoms in total. The molecule has 10 heteroatoms. The van der Waals surface area contributed by atoms with Crippen molar-refractivity contribution >= 4 is 29.2 Å². The number of likely N-dealkylation sites (tertiary alicyclic amines) is 1. The van der Waals surface area contributed by atoms with Gasteiger partial charge in [0.05, 0.1) is 10.6 Å². The van der Waals surface area contributed by atoms with Crippen molar-refractivity contribution in [3.05, 3.63) is 129 Å². The van der Waals surface area contributed by atoms with Gasteiger partial charge in [0, 0.05) is 24.1 Å². The Morgan fingerprint density at radius 1 is 0.885 bits per heavy atom. The maximum atomic E-state index is 14.2. The van der Waals surface area contributed by atoms with Crippen LogP contribution in [0.3, 0.4) is 0 Å². The van der Waals surface area contributed by atoms with Crippen LogP contribution in [0, 0.1) is 16.0 Å². The lowest BCUT2D eigenvalue weighted by atomic mass is 9.52. The number of amides is 2. The lowest BCUT2D eigenvalue weighted by molar-refractivity contribution is -0.384. The van der Waals surface area contributed by atoms with Crippen molar-refractivity contribution in [1.29, 1.82) is 0 Å². The van der Waals surface area contributed by atoms with Crippen molar-refractivity contribution in [3.63, 3.8) is 0 Å². The van der Waals surface area contributed by atoms with Gasteiger partial charge in [0.2, 0.25) is 0 Å². The molecule has 3 atom stereocenters. The molecule has 270 valence electrons. The summed E-state index contributed by atoms with van der Waals surface area (Å²) in [5.41, 5.74) is 3.13. The van der Waals surface area contributed by atoms with Gasteiger partial charge in [-0.1, -0.05) is 85.6 Å². The Morgan fingerprint density at radius 3 is 2.25 bits per heavy atom. The van der Waals surface area contributed by atoms with Gasteiger partial charge in [-0.25, -0.2) is 14.5 Å². The lowest BCUT2D eigenvalue weighted by Crippen LogP contribution is -2.62. The zero-order valence-electron chi connectivity index (χ0n) is 30.0. The molecule has 4 aromatic rings. The molecule has 3 aliphatic rings. The number of rotatable bonds is 8. The van der Waals surface area contributed by atoms with E-state index < -0.39 is 16.6 Å². The van der Waals surface area contributed by atoms with Gasteiger partial charge >= 0.3 is 12.2 Å². The van der Waals surface area contributed by atoms with Crippen LogP contribution >= 0.6 is 0 Å². The number of piperidine rings is 1. The highest BCUT2D eigenvalue weighted by Crippen LogP contribution is 2.58. The Hall–Kier alpha value is -5.38. The van der Waals surface area contributed by atoms with E-state index in [0.717, 1.165) is 48.8 Å². The number of ether oxygens (including phenoxy) is 3. The summed E-state index contributed by atoms with van der Waals surface area (Å²) in [4.78, 5) is 43.1. The zero-order valence-corrected chi connectivity index (χ0v) is 30.0. The number of hydrogen-bond donors (Lipinski definition) is 0. The van der Waals surface area contributed by atoms with E-state index in [1.807, 2.05) is 71.6 Å². The number of carbonyl (C=O) groups is 2. The summed E-state index contributed by atoms with van der Waals surface area (Å²) in [6.07, 6.45) is 4.37. The maximum Gasteiger partial charge on any atom is 0.419 e. The number of anilines is 2. The maximum absolute atomic E-state index is 14.2. The van der Waals surface area contributed by atoms with E-state index in [4.69, 9.17) is 14.2 Å². The van der Waals surface area contributed by atoms with Gasteiger partial charge < -0.3 is 19.1 Å². The molecule has 2 bridgehead atoms. The van der Waals surface area contributed by atoms with Crippen molar-refractivity contribution in [2.45, 2.75) is 89.6 Å². The van der Waals surface area contributed by atoms with E-state index in [2.05, 4.69) is 6.07 Å². The smallest absolute Gasteiger partial charge is 0.419 e. The summed E-state index contributed by atoms with van der Waals surface area (Å²) in [6.45, 7) is 6.29. The Balaban J connectivity index is 1.35. The largest absolute Gasteiger partial charge is 0.487 e. The van der Waals surface area contributed by atoms with Gasteiger partial charge in [0.25, 0.3) is 5.69 Å². The van der Waals surface area contributed by atoms with Gasteiger partial charge in [0.1, 0.15) is 30.3 Å². The first-order chi connectivity index (χ1) is 25.0. The second-order valence-corrected chi connectivity index (χ2v) is 15.1. The van der Waals surface area contributed by atoms with Crippen LogP contribution in [-0.2, 0) is 34.5 Å². The molecule has 1 saturated heterocycles. The molecule has 2 fully saturated rings. The van der Waals surface area contributed by atoms with Crippen LogP contribution in [0.15, 0.2) is 97.1 Å². The molecule has 1 heterocycles. The summed E-state index contributed by atoms with van der Waals surface area (Å²) in [7, 11) is 0. The van der Waals surface area contributed by atoms with Crippen LogP contribution in [0.25, 0.3) is 0 Å². The molecule has 1 saturated carbocycles. The van der Waals surface area contributed by atoms with Crippen molar-refractivity contribution in [2.75, 3.05) is 11.4 Å². The molecule has 2 amide bonds. The topological polar surface area (TPSA) is 111 Å². The van der Waals surface area contributed by atoms with Crippen molar-refractivity contribution in [2.24, 2.45) is 5.92 Å². The highest BCUT2D eigenvalue weighted by molar-refractivity contribution is 6.00. The van der Waals surface area contributed by atoms with Gasteiger partial charge in [-0.15, -0.1) is 0 Å². The molecule has 0 aromatic heterocycles. The van der Waals surface area contributed by atoms with E-state index in [9.17, 15) is 19.7 Å². The molecule has 4 aromatic carbocycles. The predicted octanol–water partition coefficient (Wildman–Crippen LogP) is 9.64. The fraction of sp³-hybridized carbons (Fsp3) is 0.381. The summed E-state index contributed by atoms with van der Waals surface area (Å²) in [5.74, 6) is 0.672. The number of hydrogen-bond acceptors (Lipinski definition) is 7. The second kappa shape index (κ2) is 14.3. The SMILES string of the molecule is CC(C)(C)OC(=O)N(c1cc2c(cc1OCc1ccccc1)[C@]13CCCC[C@@H]1[C@H](C2)N(C(=O)OCc1ccccc1)CC3)c1ccccc1[N+](=O)[O-]. The Bertz CT molecular complexity index is 1940. The third-order valence-electron chi connectivity index (χ3n) is 10.7. The zero-order chi connectivity index (χ0) is 36.5. The molecule has 0 spiro atoms. The van der Waals surface area contributed by atoms with Gasteiger partial charge in [-0.05, 0) is 92.8 Å². The average molecular weight is 704 g/mol. The van der Waals surface area contributed by atoms with Crippen LogP contribution in [-0.4, -0.2) is 40.2 Å². The number of carbonyl (C=O) groups excluding carboxylic acids is 2. The number of fused-ring (bicyclic) bond motifs is 1. The monoisotopic (exact) mass is 703 g/mol. The molecular weight excluding hydrogens is 658 g/mol. The lowest BCUT2D eigenvalue weighted by Gasteiger charge is -2.58. The van der Waals surface area contributed by atoms with E-state index >= 15 is 0 Å². The first-order valence-corrected chi connectivity index (χ1v) is 18.1. The standard InChI is InChI=1S/C42H45N3O7/c1-41(2,3)52-40(47)44(34-19-10-11-20-35(34)45(48)49)37-25-31-24-36-32-18-12-13-21-42(32,33(31)26-38(37)50-27-29-14-6-4-7-15-29)22-23-43(36)39(46)51-28-30-16-8-5-9-17-30/h4-11,14-17,19-20,25-26,32,36H,12-13,18,21-24,27-28H2,1-3H3/t32-,36+,42+/m1/s1. The molecule has 7 rings (SSSR count). The van der Waals surface area contributed by atoms with Crippen molar-refractivity contribution in [1.82, 2.24) is 4.90 Å². The van der Waals surface area contributed by atoms with Crippen LogP contribution in [0.1, 0.15) is 75.1 Å². The molecule has 52 heavy (non-hydrogen) atoms. The predicted molar refractivity (Wildman–Crippen MR) is 198 cm³/mol. The minimum absolute atomic E-state index is 0.0714. The number of nitro benzene ring substituents is 1. The molecule has 2 aliphatic carbocycles. The first-order valence-electron chi connectivity index (χ1n) is 18.1. The van der Waals surface area contributed by atoms with E-state index in [1.165, 1.54) is 16.5 Å². The fourth-order valence-electron chi connectivity index (χ4n) is 8.53. The van der Waals surface area contributed by atoms with Gasteiger partial charge in [-0.3, -0.25) is 10.1 Å². The molecule has 0 unspecified atom stereocenters. The second-order valence-electron chi connectivity index (χ2n) is 15.1. The van der Waals surface area contributed by atoms with Crippen molar-refractivity contribution in [3.8, 4) is 5.75 Å². The van der Waals surface area contributed by atoms with E-state index in [-0.39, 0.29) is 48.1 Å².